The number of Topliss-reactive ketones (excluding diaryl/α,β-unsaturated/α-hetero) is 1. The molecule has 0 aliphatic carbocycles. The Morgan fingerprint density at radius 3 is 2.29 bits per heavy atom. The van der Waals surface area contributed by atoms with Gasteiger partial charge in [0, 0.05) is 18.2 Å². The van der Waals surface area contributed by atoms with Gasteiger partial charge in [0.25, 0.3) is 0 Å². The third kappa shape index (κ3) is 5.10. The Balaban J connectivity index is 2.64. The Bertz CT molecular complexity index is 477. The number of sulfone groups is 1. The Hall–Kier alpha value is -1.20. The van der Waals surface area contributed by atoms with Crippen LogP contribution in [0.1, 0.15) is 22.3 Å². The molecule has 1 aromatic rings. The summed E-state index contributed by atoms with van der Waals surface area (Å²) in [5.74, 6) is -0.245. The van der Waals surface area contributed by atoms with E-state index in [9.17, 15) is 13.2 Å². The number of benzene rings is 1. The average Bonchev–Trinajstić information content (AvgIpc) is 2.26. The molecule has 0 atom stereocenters. The summed E-state index contributed by atoms with van der Waals surface area (Å²) in [6.45, 7) is 0.571. The normalized spacial score (nSPS) is 11.4. The first-order chi connectivity index (χ1) is 7.92. The fraction of sp³-hybridized carbons (Fsp3) is 0.417. The Kier molecular flexibility index (Phi) is 4.84. The maximum Gasteiger partial charge on any atom is 0.163 e. The standard InChI is InChI=1S/C12H17NO3S/c1-17(15,16)9-7-12(14)11-4-2-10(3-5-11)6-8-13/h2-5H,6-9,13H2,1H3. The summed E-state index contributed by atoms with van der Waals surface area (Å²) in [6, 6.07) is 7.13. The van der Waals surface area contributed by atoms with Crippen LogP contribution in [0.4, 0.5) is 0 Å². The second-order valence-corrected chi connectivity index (χ2v) is 6.30. The molecule has 0 radical (unpaired) electrons. The molecular weight excluding hydrogens is 238 g/mol. The minimum absolute atomic E-state index is 0.0368. The molecule has 0 fully saturated rings. The van der Waals surface area contributed by atoms with Gasteiger partial charge < -0.3 is 5.73 Å². The highest BCUT2D eigenvalue weighted by atomic mass is 32.2. The lowest BCUT2D eigenvalue weighted by Gasteiger charge is -2.02. The molecule has 2 N–H and O–H groups in total. The SMILES string of the molecule is CS(=O)(=O)CCC(=O)c1ccc(CCN)cc1. The molecule has 0 aliphatic heterocycles. The monoisotopic (exact) mass is 255 g/mol. The van der Waals surface area contributed by atoms with Gasteiger partial charge in [-0.1, -0.05) is 24.3 Å². The first-order valence-corrected chi connectivity index (χ1v) is 7.48. The number of nitrogens with two attached hydrogens (primary N) is 1. The number of carbonyl (C=O) groups is 1. The smallest absolute Gasteiger partial charge is 0.163 e. The van der Waals surface area contributed by atoms with Gasteiger partial charge in [0.05, 0.1) is 5.75 Å². The van der Waals surface area contributed by atoms with E-state index in [1.807, 2.05) is 12.1 Å². The van der Waals surface area contributed by atoms with Gasteiger partial charge in [0.2, 0.25) is 0 Å². The molecule has 0 aliphatic rings. The highest BCUT2D eigenvalue weighted by Gasteiger charge is 2.10. The molecule has 5 heteroatoms. The lowest BCUT2D eigenvalue weighted by molar-refractivity contribution is 0.0989. The molecule has 0 saturated heterocycles. The molecule has 1 rings (SSSR count). The maximum atomic E-state index is 11.7. The molecular formula is C12H17NO3S. The van der Waals surface area contributed by atoms with Crippen molar-refractivity contribution in [2.24, 2.45) is 5.73 Å². The first-order valence-electron chi connectivity index (χ1n) is 5.42. The van der Waals surface area contributed by atoms with Gasteiger partial charge in [-0.2, -0.15) is 0 Å². The van der Waals surface area contributed by atoms with Crippen molar-refractivity contribution in [1.29, 1.82) is 0 Å². The quantitative estimate of drug-likeness (QED) is 0.763. The predicted octanol–water partition coefficient (Wildman–Crippen LogP) is 0.805. The molecule has 0 aromatic heterocycles. The van der Waals surface area contributed by atoms with Crippen molar-refractivity contribution in [3.63, 3.8) is 0 Å². The molecule has 94 valence electrons. The lowest BCUT2D eigenvalue weighted by Crippen LogP contribution is -2.09. The third-order valence-electron chi connectivity index (χ3n) is 2.41. The topological polar surface area (TPSA) is 77.2 Å². The Morgan fingerprint density at radius 1 is 1.24 bits per heavy atom. The molecule has 0 saturated carbocycles. The highest BCUT2D eigenvalue weighted by molar-refractivity contribution is 7.90. The number of carbonyl (C=O) groups excluding carboxylic acids is 1. The van der Waals surface area contributed by atoms with Crippen LogP contribution in [-0.4, -0.2) is 32.8 Å². The zero-order valence-electron chi connectivity index (χ0n) is 9.85. The molecule has 0 bridgehead atoms. The summed E-state index contributed by atoms with van der Waals surface area (Å²) in [5.41, 5.74) is 7.05. The van der Waals surface area contributed by atoms with Crippen LogP contribution in [0.15, 0.2) is 24.3 Å². The van der Waals surface area contributed by atoms with Gasteiger partial charge in [-0.15, -0.1) is 0 Å². The zero-order valence-corrected chi connectivity index (χ0v) is 10.7. The van der Waals surface area contributed by atoms with E-state index in [4.69, 9.17) is 5.73 Å². The van der Waals surface area contributed by atoms with Crippen molar-refractivity contribution in [1.82, 2.24) is 0 Å². The number of ketones is 1. The van der Waals surface area contributed by atoms with E-state index in [-0.39, 0.29) is 18.0 Å². The summed E-state index contributed by atoms with van der Waals surface area (Å²) in [4.78, 5) is 11.7. The van der Waals surface area contributed by atoms with Gasteiger partial charge >= 0.3 is 0 Å². The molecule has 17 heavy (non-hydrogen) atoms. The molecule has 0 unspecified atom stereocenters. The van der Waals surface area contributed by atoms with Crippen LogP contribution in [0, 0.1) is 0 Å². The summed E-state index contributed by atoms with van der Waals surface area (Å²) >= 11 is 0. The van der Waals surface area contributed by atoms with Crippen LogP contribution in [-0.2, 0) is 16.3 Å². The molecule has 1 aromatic carbocycles. The van der Waals surface area contributed by atoms with Crippen molar-refractivity contribution < 1.29 is 13.2 Å². The van der Waals surface area contributed by atoms with Crippen molar-refractivity contribution >= 4 is 15.6 Å². The van der Waals surface area contributed by atoms with Crippen molar-refractivity contribution in [2.75, 3.05) is 18.6 Å². The fourth-order valence-corrected chi connectivity index (χ4v) is 2.00. The van der Waals surface area contributed by atoms with E-state index in [1.165, 1.54) is 0 Å². The molecule has 0 amide bonds. The summed E-state index contributed by atoms with van der Waals surface area (Å²) in [5, 5.41) is 0. The minimum Gasteiger partial charge on any atom is -0.330 e. The van der Waals surface area contributed by atoms with Gasteiger partial charge in [-0.05, 0) is 18.5 Å². The summed E-state index contributed by atoms with van der Waals surface area (Å²) in [6.07, 6.45) is 1.94. The van der Waals surface area contributed by atoms with E-state index in [1.54, 1.807) is 12.1 Å². The second-order valence-electron chi connectivity index (χ2n) is 4.04. The van der Waals surface area contributed by atoms with Crippen LogP contribution in [0.3, 0.4) is 0 Å². The Labute approximate surface area is 102 Å². The van der Waals surface area contributed by atoms with Gasteiger partial charge in [-0.3, -0.25) is 4.79 Å². The lowest BCUT2D eigenvalue weighted by atomic mass is 10.1. The fourth-order valence-electron chi connectivity index (χ4n) is 1.45. The molecule has 0 spiro atoms. The first kappa shape index (κ1) is 13.9. The predicted molar refractivity (Wildman–Crippen MR) is 67.9 cm³/mol. The number of hydrogen-bond donors (Lipinski definition) is 1. The zero-order chi connectivity index (χ0) is 12.9. The third-order valence-corrected chi connectivity index (χ3v) is 3.35. The highest BCUT2D eigenvalue weighted by Crippen LogP contribution is 2.08. The van der Waals surface area contributed by atoms with E-state index >= 15 is 0 Å². The van der Waals surface area contributed by atoms with E-state index in [0.29, 0.717) is 12.1 Å². The van der Waals surface area contributed by atoms with Crippen LogP contribution >= 0.6 is 0 Å². The van der Waals surface area contributed by atoms with Crippen molar-refractivity contribution in [3.8, 4) is 0 Å². The van der Waals surface area contributed by atoms with Crippen molar-refractivity contribution in [2.45, 2.75) is 12.8 Å². The van der Waals surface area contributed by atoms with Crippen LogP contribution in [0.5, 0.6) is 0 Å². The van der Waals surface area contributed by atoms with Crippen molar-refractivity contribution in [3.05, 3.63) is 35.4 Å². The Morgan fingerprint density at radius 2 is 1.82 bits per heavy atom. The van der Waals surface area contributed by atoms with E-state index in [2.05, 4.69) is 0 Å². The molecule has 4 nitrogen and oxygen atoms in total. The van der Waals surface area contributed by atoms with E-state index in [0.717, 1.165) is 18.2 Å². The van der Waals surface area contributed by atoms with Crippen LogP contribution < -0.4 is 5.73 Å². The minimum atomic E-state index is -3.08. The summed E-state index contributed by atoms with van der Waals surface area (Å²) < 4.78 is 21.9. The van der Waals surface area contributed by atoms with Crippen LogP contribution in [0.25, 0.3) is 0 Å². The van der Waals surface area contributed by atoms with Gasteiger partial charge in [-0.25, -0.2) is 8.42 Å². The van der Waals surface area contributed by atoms with Gasteiger partial charge in [0.15, 0.2) is 5.78 Å². The second kappa shape index (κ2) is 5.93. The van der Waals surface area contributed by atoms with Gasteiger partial charge in [0.1, 0.15) is 9.84 Å². The summed E-state index contributed by atoms with van der Waals surface area (Å²) in [7, 11) is -3.08. The van der Waals surface area contributed by atoms with E-state index < -0.39 is 9.84 Å². The number of hydrogen-bond acceptors (Lipinski definition) is 4. The largest absolute Gasteiger partial charge is 0.330 e. The number of rotatable bonds is 6. The average molecular weight is 255 g/mol. The molecule has 0 heterocycles. The van der Waals surface area contributed by atoms with Crippen LogP contribution in [0.2, 0.25) is 0 Å². The maximum absolute atomic E-state index is 11.7.